The Morgan fingerprint density at radius 3 is 1.56 bits per heavy atom. The largest absolute Gasteiger partial charge is 0.480 e. The van der Waals surface area contributed by atoms with Gasteiger partial charge in [-0.05, 0) is 109 Å². The molecule has 0 aromatic rings. The lowest BCUT2D eigenvalue weighted by atomic mass is 10.0. The van der Waals surface area contributed by atoms with Crippen molar-refractivity contribution in [1.29, 1.82) is 0 Å². The number of aliphatic carboxylic acids is 1. The molecule has 0 saturated heterocycles. The summed E-state index contributed by atoms with van der Waals surface area (Å²) in [6, 6.07) is -0.877. The highest BCUT2D eigenvalue weighted by Crippen LogP contribution is 2.14. The third-order valence-electron chi connectivity index (χ3n) is 8.92. The van der Waals surface area contributed by atoms with Gasteiger partial charge in [0, 0.05) is 12.8 Å². The molecule has 0 aliphatic heterocycles. The second-order valence-corrected chi connectivity index (χ2v) is 14.0. The van der Waals surface area contributed by atoms with Crippen molar-refractivity contribution in [2.24, 2.45) is 5.73 Å². The zero-order chi connectivity index (χ0) is 39.6. The van der Waals surface area contributed by atoms with E-state index >= 15 is 0 Å². The molecule has 306 valence electrons. The Balaban J connectivity index is 4.08. The quantitative estimate of drug-likeness (QED) is 0.0330. The number of amides is 1. The standard InChI is InChI=1S/C47H78N2O5/c1-3-5-7-9-10-11-12-13-14-15-16-17-18-19-20-21-22-23-24-25-26-31-35-41-46(51)54-43(37-32-28-8-6-4-2)38-33-29-27-30-34-40-45(50)49-44(47(52)53)39-36-42-48/h5-8,10-11,13-14,16-17,32-33,37-38,43-44H,3-4,9,12,15,18-31,34-36,39-42,48H2,1-2H3,(H,49,50)(H,52,53)/b7-5-,8-6-,11-10-,14-13-,17-16-,37-32-,38-33-. The molecule has 0 aliphatic carbocycles. The number of hydrogen-bond donors (Lipinski definition) is 3. The Bertz CT molecular complexity index is 1120. The molecule has 0 aromatic carbocycles. The van der Waals surface area contributed by atoms with Crippen LogP contribution in [0.2, 0.25) is 0 Å². The van der Waals surface area contributed by atoms with Crippen LogP contribution in [0.25, 0.3) is 0 Å². The van der Waals surface area contributed by atoms with E-state index in [1.165, 1.54) is 57.8 Å². The van der Waals surface area contributed by atoms with Gasteiger partial charge in [0.1, 0.15) is 12.1 Å². The van der Waals surface area contributed by atoms with Crippen molar-refractivity contribution in [2.45, 2.75) is 187 Å². The summed E-state index contributed by atoms with van der Waals surface area (Å²) in [6.45, 7) is 4.66. The van der Waals surface area contributed by atoms with Crippen molar-refractivity contribution in [2.75, 3.05) is 6.54 Å². The lowest BCUT2D eigenvalue weighted by molar-refractivity contribution is -0.145. The topological polar surface area (TPSA) is 119 Å². The minimum absolute atomic E-state index is 0.152. The molecule has 0 heterocycles. The molecule has 54 heavy (non-hydrogen) atoms. The highest BCUT2D eigenvalue weighted by atomic mass is 16.5. The van der Waals surface area contributed by atoms with Crippen molar-refractivity contribution in [3.8, 4) is 0 Å². The maximum absolute atomic E-state index is 12.6. The van der Waals surface area contributed by atoms with Gasteiger partial charge in [-0.1, -0.05) is 145 Å². The molecule has 1 amide bonds. The molecule has 0 spiro atoms. The van der Waals surface area contributed by atoms with Crippen molar-refractivity contribution >= 4 is 17.8 Å². The zero-order valence-corrected chi connectivity index (χ0v) is 34.3. The highest BCUT2D eigenvalue weighted by Gasteiger charge is 2.18. The fraction of sp³-hybridized carbons (Fsp3) is 0.638. The van der Waals surface area contributed by atoms with Gasteiger partial charge in [0.25, 0.3) is 0 Å². The number of ether oxygens (including phenoxy) is 1. The fourth-order valence-corrected chi connectivity index (χ4v) is 5.75. The summed E-state index contributed by atoms with van der Waals surface area (Å²) in [4.78, 5) is 36.1. The average molecular weight is 751 g/mol. The highest BCUT2D eigenvalue weighted by molar-refractivity contribution is 5.83. The van der Waals surface area contributed by atoms with Crippen molar-refractivity contribution < 1.29 is 24.2 Å². The van der Waals surface area contributed by atoms with Crippen LogP contribution in [0.15, 0.2) is 85.1 Å². The van der Waals surface area contributed by atoms with E-state index in [1.807, 2.05) is 24.3 Å². The van der Waals surface area contributed by atoms with Gasteiger partial charge < -0.3 is 20.9 Å². The first-order valence-corrected chi connectivity index (χ1v) is 21.4. The van der Waals surface area contributed by atoms with Crippen LogP contribution in [0.3, 0.4) is 0 Å². The van der Waals surface area contributed by atoms with E-state index in [0.29, 0.717) is 38.6 Å². The van der Waals surface area contributed by atoms with Crippen LogP contribution < -0.4 is 11.1 Å². The van der Waals surface area contributed by atoms with E-state index in [1.54, 1.807) is 0 Å². The molecule has 0 aromatic heterocycles. The molecule has 4 N–H and O–H groups in total. The summed E-state index contributed by atoms with van der Waals surface area (Å²) >= 11 is 0. The van der Waals surface area contributed by atoms with Gasteiger partial charge in [0.05, 0.1) is 0 Å². The SMILES string of the molecule is CC/C=C\C/C=C\C/C=C\C/C=C\CCCCCCCCCCCCC(=O)OC(/C=C\C/C=C\CC)/C=C\CCCCCC(=O)NC(CCCN)C(=O)O. The normalized spacial score (nSPS) is 13.5. The molecule has 2 unspecified atom stereocenters. The Morgan fingerprint density at radius 2 is 1.00 bits per heavy atom. The summed E-state index contributed by atoms with van der Waals surface area (Å²) in [5, 5.41) is 11.9. The van der Waals surface area contributed by atoms with E-state index in [4.69, 9.17) is 10.5 Å². The molecule has 0 rings (SSSR count). The number of nitrogens with one attached hydrogen (secondary N) is 1. The molecule has 2 atom stereocenters. The molecule has 0 fully saturated rings. The third-order valence-corrected chi connectivity index (χ3v) is 8.92. The number of allylic oxidation sites excluding steroid dienone is 12. The van der Waals surface area contributed by atoms with E-state index in [2.05, 4.69) is 79.9 Å². The zero-order valence-electron chi connectivity index (χ0n) is 34.3. The van der Waals surface area contributed by atoms with E-state index in [9.17, 15) is 19.5 Å². The van der Waals surface area contributed by atoms with Crippen LogP contribution in [-0.4, -0.2) is 41.6 Å². The number of rotatable bonds is 37. The second kappa shape index (κ2) is 40.7. The lowest BCUT2D eigenvalue weighted by Crippen LogP contribution is -2.40. The number of carbonyl (C=O) groups is 3. The van der Waals surface area contributed by atoms with Gasteiger partial charge in [-0.15, -0.1) is 0 Å². The number of unbranched alkanes of at least 4 members (excludes halogenated alkanes) is 13. The molecule has 7 nitrogen and oxygen atoms in total. The molecule has 0 aliphatic rings. The molecular weight excluding hydrogens is 673 g/mol. The number of esters is 1. The van der Waals surface area contributed by atoms with E-state index < -0.39 is 12.0 Å². The Morgan fingerprint density at radius 1 is 0.556 bits per heavy atom. The lowest BCUT2D eigenvalue weighted by Gasteiger charge is -2.13. The molecule has 0 saturated carbocycles. The summed E-state index contributed by atoms with van der Waals surface area (Å²) in [7, 11) is 0. The number of carbonyl (C=O) groups excluding carboxylic acids is 2. The smallest absolute Gasteiger partial charge is 0.326 e. The maximum Gasteiger partial charge on any atom is 0.326 e. The predicted molar refractivity (Wildman–Crippen MR) is 229 cm³/mol. The monoisotopic (exact) mass is 751 g/mol. The van der Waals surface area contributed by atoms with Gasteiger partial charge in [-0.25, -0.2) is 4.79 Å². The van der Waals surface area contributed by atoms with Gasteiger partial charge in [0.2, 0.25) is 5.91 Å². The summed E-state index contributed by atoms with van der Waals surface area (Å²) in [6.07, 6.45) is 54.1. The number of nitrogens with two attached hydrogens (primary N) is 1. The van der Waals surface area contributed by atoms with Gasteiger partial charge in [-0.2, -0.15) is 0 Å². The molecule has 0 radical (unpaired) electrons. The second-order valence-electron chi connectivity index (χ2n) is 14.0. The Labute approximate surface area is 330 Å². The van der Waals surface area contributed by atoms with Crippen LogP contribution in [0.1, 0.15) is 174 Å². The Kier molecular flexibility index (Phi) is 38.1. The van der Waals surface area contributed by atoms with Crippen molar-refractivity contribution in [1.82, 2.24) is 5.32 Å². The first-order valence-electron chi connectivity index (χ1n) is 21.4. The molecular formula is C47H78N2O5. The number of carboxylic acids is 1. The van der Waals surface area contributed by atoms with Crippen molar-refractivity contribution in [3.05, 3.63) is 85.1 Å². The van der Waals surface area contributed by atoms with E-state index in [0.717, 1.165) is 70.6 Å². The van der Waals surface area contributed by atoms with Crippen molar-refractivity contribution in [3.63, 3.8) is 0 Å². The first-order chi connectivity index (χ1) is 26.4. The van der Waals surface area contributed by atoms with Crippen LogP contribution in [0, 0.1) is 0 Å². The maximum atomic E-state index is 12.6. The van der Waals surface area contributed by atoms with Crippen LogP contribution in [0.4, 0.5) is 0 Å². The minimum Gasteiger partial charge on any atom is -0.480 e. The first kappa shape index (κ1) is 50.5. The van der Waals surface area contributed by atoms with Gasteiger partial charge in [0.15, 0.2) is 0 Å². The molecule has 0 bridgehead atoms. The summed E-state index contributed by atoms with van der Waals surface area (Å²) in [5.41, 5.74) is 5.46. The minimum atomic E-state index is -1.02. The summed E-state index contributed by atoms with van der Waals surface area (Å²) < 4.78 is 5.79. The van der Waals surface area contributed by atoms with Crippen LogP contribution >= 0.6 is 0 Å². The third kappa shape index (κ3) is 36.9. The molecule has 7 heteroatoms. The van der Waals surface area contributed by atoms with Crippen LogP contribution in [0.5, 0.6) is 0 Å². The van der Waals surface area contributed by atoms with Gasteiger partial charge in [-0.3, -0.25) is 9.59 Å². The predicted octanol–water partition coefficient (Wildman–Crippen LogP) is 12.1. The Hall–Kier alpha value is -3.45. The average Bonchev–Trinajstić information content (AvgIpc) is 3.16. The van der Waals surface area contributed by atoms with Gasteiger partial charge >= 0.3 is 11.9 Å². The summed E-state index contributed by atoms with van der Waals surface area (Å²) in [5.74, 6) is -1.41. The van der Waals surface area contributed by atoms with E-state index in [-0.39, 0.29) is 18.0 Å². The fourth-order valence-electron chi connectivity index (χ4n) is 5.75. The van der Waals surface area contributed by atoms with Crippen LogP contribution in [-0.2, 0) is 19.1 Å². The number of hydrogen-bond acceptors (Lipinski definition) is 5. The number of carboxylic acid groups (broad SMARTS) is 1.